The molecule has 1 atom stereocenters. The molecule has 0 saturated carbocycles. The van der Waals surface area contributed by atoms with E-state index in [0.29, 0.717) is 15.3 Å². The van der Waals surface area contributed by atoms with Gasteiger partial charge in [0.05, 0.1) is 10.6 Å². The minimum atomic E-state index is -0.995. The average Bonchev–Trinajstić information content (AvgIpc) is 3.07. The highest BCUT2D eigenvalue weighted by atomic mass is 32.1. The monoisotopic (exact) mass is 374 g/mol. The van der Waals surface area contributed by atoms with Gasteiger partial charge in [0.25, 0.3) is 0 Å². The first-order valence-electron chi connectivity index (χ1n) is 7.90. The number of carbonyl (C=O) groups is 1. The van der Waals surface area contributed by atoms with E-state index in [9.17, 15) is 15.0 Å². The van der Waals surface area contributed by atoms with Crippen molar-refractivity contribution in [1.29, 1.82) is 0 Å². The number of aromatic nitrogens is 1. The Morgan fingerprint density at radius 1 is 1.40 bits per heavy atom. The maximum Gasteiger partial charge on any atom is 0.326 e. The fraction of sp³-hybridized carbons (Fsp3) is 0.278. The van der Waals surface area contributed by atoms with Crippen molar-refractivity contribution >= 4 is 53.1 Å². The number of carboxylic acids is 1. The number of para-hydroxylation sites is 1. The Balaban J connectivity index is 2.04. The normalized spacial score (nSPS) is 15.7. The fourth-order valence-corrected chi connectivity index (χ4v) is 4.18. The van der Waals surface area contributed by atoms with Gasteiger partial charge >= 0.3 is 5.97 Å². The summed E-state index contributed by atoms with van der Waals surface area (Å²) in [4.78, 5) is 16.5. The molecule has 130 valence electrons. The molecule has 2 aromatic rings. The molecule has 1 aromatic heterocycles. The van der Waals surface area contributed by atoms with E-state index in [1.165, 1.54) is 15.9 Å². The highest BCUT2D eigenvalue weighted by Gasteiger charge is 2.26. The zero-order chi connectivity index (χ0) is 18.1. The predicted molar refractivity (Wildman–Crippen MR) is 103 cm³/mol. The van der Waals surface area contributed by atoms with Gasteiger partial charge in [-0.3, -0.25) is 9.56 Å². The summed E-state index contributed by atoms with van der Waals surface area (Å²) in [6.45, 7) is 3.88. The maximum absolute atomic E-state index is 11.6. The second kappa shape index (κ2) is 6.93. The van der Waals surface area contributed by atoms with Crippen molar-refractivity contribution in [3.63, 3.8) is 0 Å². The number of carboxylic acid groups (broad SMARTS) is 1. The molecule has 0 unspecified atom stereocenters. The minimum Gasteiger partial charge on any atom is -0.493 e. The van der Waals surface area contributed by atoms with Crippen LogP contribution in [0, 0.1) is 9.87 Å². The van der Waals surface area contributed by atoms with Gasteiger partial charge in [-0.1, -0.05) is 32.0 Å². The van der Waals surface area contributed by atoms with Gasteiger partial charge in [-0.2, -0.15) is 0 Å². The van der Waals surface area contributed by atoms with Crippen LogP contribution >= 0.6 is 23.6 Å². The molecule has 0 spiro atoms. The molecule has 0 amide bonds. The summed E-state index contributed by atoms with van der Waals surface area (Å²) in [6, 6.07) is 6.85. The van der Waals surface area contributed by atoms with Crippen LogP contribution in [0.5, 0.6) is 5.88 Å². The molecule has 0 fully saturated rings. The second-order valence-corrected chi connectivity index (χ2v) is 7.96. The topological polar surface area (TPSA) is 74.8 Å². The van der Waals surface area contributed by atoms with Gasteiger partial charge in [-0.05, 0) is 36.7 Å². The summed E-state index contributed by atoms with van der Waals surface area (Å²) < 4.78 is 1.69. The first-order valence-corrected chi connectivity index (χ1v) is 9.13. The molecule has 1 aliphatic heterocycles. The second-order valence-electron chi connectivity index (χ2n) is 6.28. The molecule has 0 radical (unpaired) electrons. The van der Waals surface area contributed by atoms with Crippen molar-refractivity contribution in [2.75, 3.05) is 0 Å². The van der Waals surface area contributed by atoms with Gasteiger partial charge in [0, 0.05) is 17.4 Å². The van der Waals surface area contributed by atoms with E-state index in [1.807, 2.05) is 38.1 Å². The number of allylic oxidation sites excluding steroid dienone is 1. The molecular weight excluding hydrogens is 356 g/mol. The van der Waals surface area contributed by atoms with E-state index in [0.717, 1.165) is 16.8 Å². The van der Waals surface area contributed by atoms with Crippen molar-refractivity contribution in [2.45, 2.75) is 26.3 Å². The van der Waals surface area contributed by atoms with Crippen molar-refractivity contribution in [2.24, 2.45) is 10.9 Å². The van der Waals surface area contributed by atoms with Crippen LogP contribution in [0.1, 0.15) is 36.8 Å². The van der Waals surface area contributed by atoms with Crippen LogP contribution in [-0.4, -0.2) is 27.0 Å². The number of aromatic hydroxyl groups is 1. The van der Waals surface area contributed by atoms with Crippen LogP contribution in [0.3, 0.4) is 0 Å². The number of aliphatic imine (C=N–C) groups is 1. The molecule has 0 aliphatic carbocycles. The summed E-state index contributed by atoms with van der Waals surface area (Å²) in [5.74, 6) is -0.934. The molecule has 1 aromatic carbocycles. The van der Waals surface area contributed by atoms with Gasteiger partial charge < -0.3 is 10.2 Å². The largest absolute Gasteiger partial charge is 0.493 e. The number of hydrogen-bond donors (Lipinski definition) is 2. The Labute approximate surface area is 154 Å². The Morgan fingerprint density at radius 3 is 2.80 bits per heavy atom. The quantitative estimate of drug-likeness (QED) is 0.729. The highest BCUT2D eigenvalue weighted by molar-refractivity contribution is 7.73. The molecule has 2 N–H and O–H groups in total. The lowest BCUT2D eigenvalue weighted by Gasteiger charge is -2.17. The SMILES string of the molecule is CC(C)C[C@H](C(=O)O)n1c(O)c(/C=C2\C=Nc3ccccc32)sc1=S. The molecule has 7 heteroatoms. The number of nitrogens with zero attached hydrogens (tertiary/aromatic N) is 2. The molecule has 2 heterocycles. The van der Waals surface area contributed by atoms with Gasteiger partial charge in [-0.25, -0.2) is 4.79 Å². The fourth-order valence-electron chi connectivity index (χ4n) is 2.82. The highest BCUT2D eigenvalue weighted by Crippen LogP contribution is 2.37. The van der Waals surface area contributed by atoms with E-state index in [4.69, 9.17) is 12.2 Å². The van der Waals surface area contributed by atoms with Crippen molar-refractivity contribution < 1.29 is 15.0 Å². The molecule has 5 nitrogen and oxygen atoms in total. The van der Waals surface area contributed by atoms with Gasteiger partial charge in [0.2, 0.25) is 5.88 Å². The molecular formula is C18H18N2O3S2. The van der Waals surface area contributed by atoms with E-state index in [1.54, 1.807) is 12.3 Å². The van der Waals surface area contributed by atoms with Crippen LogP contribution in [0.4, 0.5) is 5.69 Å². The van der Waals surface area contributed by atoms with Gasteiger partial charge in [-0.15, -0.1) is 11.3 Å². The van der Waals surface area contributed by atoms with Crippen LogP contribution in [0.15, 0.2) is 29.3 Å². The third kappa shape index (κ3) is 3.43. The average molecular weight is 374 g/mol. The Hall–Kier alpha value is -2.25. The Morgan fingerprint density at radius 2 is 2.12 bits per heavy atom. The summed E-state index contributed by atoms with van der Waals surface area (Å²) >= 11 is 6.52. The summed E-state index contributed by atoms with van der Waals surface area (Å²) in [5, 5.41) is 20.1. The molecule has 1 aliphatic rings. The van der Waals surface area contributed by atoms with Crippen LogP contribution < -0.4 is 0 Å². The number of benzene rings is 1. The lowest BCUT2D eigenvalue weighted by atomic mass is 10.0. The standard InChI is InChI=1S/C18H18N2O3S2/c1-10(2)7-14(17(22)23)20-16(21)15(25-18(20)24)8-11-9-19-13-6-4-3-5-12(11)13/h3-6,8-10,14,21H,7H2,1-2H3,(H,22,23)/b11-8+/t14-/m1/s1. The third-order valence-corrected chi connectivity index (χ3v) is 5.32. The Kier molecular flexibility index (Phi) is 4.87. The first kappa shape index (κ1) is 17.6. The Bertz CT molecular complexity index is 938. The first-order chi connectivity index (χ1) is 11.9. The van der Waals surface area contributed by atoms with Gasteiger partial charge in [0.1, 0.15) is 6.04 Å². The molecule has 0 bridgehead atoms. The zero-order valence-corrected chi connectivity index (χ0v) is 15.5. The summed E-state index contributed by atoms with van der Waals surface area (Å²) in [6.07, 6.45) is 3.93. The lowest BCUT2D eigenvalue weighted by Crippen LogP contribution is -2.20. The number of aliphatic carboxylic acids is 1. The van der Waals surface area contributed by atoms with Crippen molar-refractivity contribution in [3.8, 4) is 5.88 Å². The van der Waals surface area contributed by atoms with Crippen LogP contribution in [0.2, 0.25) is 0 Å². The van der Waals surface area contributed by atoms with E-state index >= 15 is 0 Å². The van der Waals surface area contributed by atoms with Crippen molar-refractivity contribution in [3.05, 3.63) is 38.7 Å². The van der Waals surface area contributed by atoms with Gasteiger partial charge in [0.15, 0.2) is 3.95 Å². The number of thiazole rings is 1. The predicted octanol–water partition coefficient (Wildman–Crippen LogP) is 4.91. The maximum atomic E-state index is 11.6. The smallest absolute Gasteiger partial charge is 0.326 e. The van der Waals surface area contributed by atoms with E-state index < -0.39 is 12.0 Å². The molecule has 3 rings (SSSR count). The minimum absolute atomic E-state index is 0.103. The molecule has 25 heavy (non-hydrogen) atoms. The third-order valence-electron chi connectivity index (χ3n) is 3.98. The summed E-state index contributed by atoms with van der Waals surface area (Å²) in [5.41, 5.74) is 2.72. The van der Waals surface area contributed by atoms with E-state index in [2.05, 4.69) is 4.99 Å². The molecule has 0 saturated heterocycles. The lowest BCUT2D eigenvalue weighted by molar-refractivity contribution is -0.141. The number of rotatable bonds is 5. The van der Waals surface area contributed by atoms with E-state index in [-0.39, 0.29) is 11.8 Å². The number of hydrogen-bond acceptors (Lipinski definition) is 5. The zero-order valence-electron chi connectivity index (χ0n) is 13.8. The van der Waals surface area contributed by atoms with Crippen LogP contribution in [-0.2, 0) is 4.79 Å². The summed E-state index contributed by atoms with van der Waals surface area (Å²) in [7, 11) is 0. The van der Waals surface area contributed by atoms with Crippen molar-refractivity contribution in [1.82, 2.24) is 4.57 Å². The number of fused-ring (bicyclic) bond motifs is 1. The van der Waals surface area contributed by atoms with Crippen LogP contribution in [0.25, 0.3) is 11.6 Å².